The third-order valence-corrected chi connectivity index (χ3v) is 2.88. The van der Waals surface area contributed by atoms with E-state index in [-0.39, 0.29) is 10.7 Å². The molecule has 4 N–H and O–H groups in total. The van der Waals surface area contributed by atoms with Gasteiger partial charge in [-0.3, -0.25) is 4.72 Å². The van der Waals surface area contributed by atoms with Crippen LogP contribution in [0.4, 0.5) is 16.2 Å². The predicted molar refractivity (Wildman–Crippen MR) is 63.9 cm³/mol. The number of carbonyl (C=O) groups excluding carboxylic acids is 1. The molecule has 1 aromatic rings. The van der Waals surface area contributed by atoms with Gasteiger partial charge in [0.25, 0.3) is 0 Å². The van der Waals surface area contributed by atoms with Gasteiger partial charge in [0.15, 0.2) is 0 Å². The summed E-state index contributed by atoms with van der Waals surface area (Å²) in [5.74, 6) is 0. The van der Waals surface area contributed by atoms with Gasteiger partial charge in [0.2, 0.25) is 0 Å². The molecule has 0 atom stereocenters. The van der Waals surface area contributed by atoms with Crippen molar-refractivity contribution in [2.45, 2.75) is 0 Å². The highest BCUT2D eigenvalue weighted by Gasteiger charge is 2.15. The van der Waals surface area contributed by atoms with Gasteiger partial charge in [-0.25, -0.2) is 9.52 Å². The van der Waals surface area contributed by atoms with Crippen LogP contribution >= 0.6 is 11.6 Å². The molecule has 0 aliphatic rings. The van der Waals surface area contributed by atoms with Gasteiger partial charge < -0.3 is 10.5 Å². The fourth-order valence-corrected chi connectivity index (χ4v) is 2.05. The zero-order valence-electron chi connectivity index (χ0n) is 8.73. The van der Waals surface area contributed by atoms with E-state index in [4.69, 9.17) is 17.3 Å². The maximum Gasteiger partial charge on any atom is 0.422 e. The van der Waals surface area contributed by atoms with E-state index in [0.717, 1.165) is 7.11 Å². The highest BCUT2D eigenvalue weighted by atomic mass is 35.5. The number of carbonyl (C=O) groups is 1. The van der Waals surface area contributed by atoms with Gasteiger partial charge >= 0.3 is 16.3 Å². The first-order valence-corrected chi connectivity index (χ1v) is 6.13. The standard InChI is InChI=1S/C8H10ClN3O4S/c1-16-8(13)12-17(14,15)11-7-3-2-5(10)4-6(7)9/h2-4,11H,10H2,1H3,(H,12,13). The minimum atomic E-state index is -4.08. The first-order valence-electron chi connectivity index (χ1n) is 4.27. The second-order valence-corrected chi connectivity index (χ2v) is 4.76. The Morgan fingerprint density at radius 2 is 2.12 bits per heavy atom. The smallest absolute Gasteiger partial charge is 0.422 e. The number of hydrogen-bond donors (Lipinski definition) is 3. The Balaban J connectivity index is 2.87. The van der Waals surface area contributed by atoms with E-state index in [1.54, 1.807) is 4.72 Å². The van der Waals surface area contributed by atoms with Crippen LogP contribution < -0.4 is 15.2 Å². The average molecular weight is 280 g/mol. The largest absolute Gasteiger partial charge is 0.452 e. The molecule has 94 valence electrons. The Kier molecular flexibility index (Phi) is 4.02. The molecule has 0 spiro atoms. The molecular formula is C8H10ClN3O4S. The summed E-state index contributed by atoms with van der Waals surface area (Å²) in [6.07, 6.45) is -1.11. The monoisotopic (exact) mass is 279 g/mol. The van der Waals surface area contributed by atoms with E-state index in [9.17, 15) is 13.2 Å². The van der Waals surface area contributed by atoms with E-state index in [1.807, 2.05) is 0 Å². The van der Waals surface area contributed by atoms with Crippen molar-refractivity contribution in [1.82, 2.24) is 4.72 Å². The molecule has 0 radical (unpaired) electrons. The predicted octanol–water partition coefficient (Wildman–Crippen LogP) is 0.935. The molecule has 1 amide bonds. The van der Waals surface area contributed by atoms with Gasteiger partial charge in [0.1, 0.15) is 0 Å². The third kappa shape index (κ3) is 4.00. The lowest BCUT2D eigenvalue weighted by Gasteiger charge is -2.10. The first-order chi connectivity index (χ1) is 7.84. The fraction of sp³-hybridized carbons (Fsp3) is 0.125. The minimum Gasteiger partial charge on any atom is -0.452 e. The summed E-state index contributed by atoms with van der Waals surface area (Å²) in [5, 5.41) is 0.111. The molecule has 0 bridgehead atoms. The molecule has 1 rings (SSSR count). The fourth-order valence-electron chi connectivity index (χ4n) is 0.936. The van der Waals surface area contributed by atoms with Crippen LogP contribution in [0.3, 0.4) is 0 Å². The van der Waals surface area contributed by atoms with Crippen molar-refractivity contribution in [1.29, 1.82) is 0 Å². The Morgan fingerprint density at radius 1 is 1.47 bits per heavy atom. The SMILES string of the molecule is COC(=O)NS(=O)(=O)Nc1ccc(N)cc1Cl. The summed E-state index contributed by atoms with van der Waals surface area (Å²) in [7, 11) is -3.04. The van der Waals surface area contributed by atoms with Gasteiger partial charge in [0.05, 0.1) is 17.8 Å². The summed E-state index contributed by atoms with van der Waals surface area (Å²) in [4.78, 5) is 10.8. The lowest BCUT2D eigenvalue weighted by atomic mass is 10.3. The van der Waals surface area contributed by atoms with Crippen LogP contribution in [0.5, 0.6) is 0 Å². The number of nitrogens with two attached hydrogens (primary N) is 1. The van der Waals surface area contributed by atoms with E-state index >= 15 is 0 Å². The maximum absolute atomic E-state index is 11.4. The highest BCUT2D eigenvalue weighted by Crippen LogP contribution is 2.24. The summed E-state index contributed by atoms with van der Waals surface area (Å²) in [5.41, 5.74) is 5.92. The first kappa shape index (κ1) is 13.4. The number of nitrogen functional groups attached to an aromatic ring is 1. The van der Waals surface area contributed by atoms with Crippen molar-refractivity contribution in [3.05, 3.63) is 23.2 Å². The topological polar surface area (TPSA) is 111 Å². The quantitative estimate of drug-likeness (QED) is 0.713. The van der Waals surface area contributed by atoms with Crippen LogP contribution in [0, 0.1) is 0 Å². The molecule has 0 aromatic heterocycles. The molecular weight excluding hydrogens is 270 g/mol. The Bertz CT molecular complexity index is 532. The van der Waals surface area contributed by atoms with Crippen molar-refractivity contribution in [2.75, 3.05) is 17.6 Å². The van der Waals surface area contributed by atoms with E-state index in [2.05, 4.69) is 9.46 Å². The number of amides is 1. The van der Waals surface area contributed by atoms with Crippen LogP contribution in [-0.2, 0) is 14.9 Å². The molecule has 9 heteroatoms. The van der Waals surface area contributed by atoms with Crippen LogP contribution in [0.1, 0.15) is 0 Å². The maximum atomic E-state index is 11.4. The van der Waals surface area contributed by atoms with Crippen molar-refractivity contribution < 1.29 is 17.9 Å². The van der Waals surface area contributed by atoms with Crippen molar-refractivity contribution in [2.24, 2.45) is 0 Å². The minimum absolute atomic E-state index is 0.0947. The van der Waals surface area contributed by atoms with Gasteiger partial charge in [-0.05, 0) is 18.2 Å². The molecule has 1 aromatic carbocycles. The molecule has 0 saturated heterocycles. The second-order valence-electron chi connectivity index (χ2n) is 2.94. The molecule has 0 aliphatic heterocycles. The Labute approximate surface area is 103 Å². The van der Waals surface area contributed by atoms with Crippen LogP contribution in [0.15, 0.2) is 18.2 Å². The second kappa shape index (κ2) is 5.11. The zero-order valence-corrected chi connectivity index (χ0v) is 10.3. The zero-order chi connectivity index (χ0) is 13.1. The summed E-state index contributed by atoms with van der Waals surface area (Å²) < 4.78 is 30.6. The summed E-state index contributed by atoms with van der Waals surface area (Å²) >= 11 is 5.76. The molecule has 0 unspecified atom stereocenters. The van der Waals surface area contributed by atoms with Crippen molar-refractivity contribution in [3.63, 3.8) is 0 Å². The summed E-state index contributed by atoms with van der Waals surface area (Å²) in [6.45, 7) is 0. The Hall–Kier alpha value is -1.67. The average Bonchev–Trinajstić information content (AvgIpc) is 2.21. The van der Waals surface area contributed by atoms with Crippen LogP contribution in [0.25, 0.3) is 0 Å². The lowest BCUT2D eigenvalue weighted by molar-refractivity contribution is 0.177. The van der Waals surface area contributed by atoms with Crippen LogP contribution in [-0.4, -0.2) is 21.6 Å². The van der Waals surface area contributed by atoms with E-state index in [0.29, 0.717) is 5.69 Å². The van der Waals surface area contributed by atoms with Gasteiger partial charge in [0, 0.05) is 5.69 Å². The number of anilines is 2. The van der Waals surface area contributed by atoms with Gasteiger partial charge in [-0.1, -0.05) is 11.6 Å². The van der Waals surface area contributed by atoms with Gasteiger partial charge in [-0.2, -0.15) is 8.42 Å². The van der Waals surface area contributed by atoms with E-state index < -0.39 is 16.3 Å². The van der Waals surface area contributed by atoms with Crippen molar-refractivity contribution >= 4 is 39.3 Å². The molecule has 0 heterocycles. The molecule has 17 heavy (non-hydrogen) atoms. The number of ether oxygens (including phenoxy) is 1. The third-order valence-electron chi connectivity index (χ3n) is 1.64. The number of methoxy groups -OCH3 is 1. The molecule has 7 nitrogen and oxygen atoms in total. The Morgan fingerprint density at radius 3 is 2.65 bits per heavy atom. The number of halogens is 1. The lowest BCUT2D eigenvalue weighted by Crippen LogP contribution is -2.35. The number of hydrogen-bond acceptors (Lipinski definition) is 5. The molecule has 0 aliphatic carbocycles. The molecule has 0 saturated carbocycles. The molecule has 0 fully saturated rings. The van der Waals surface area contributed by atoms with Crippen LogP contribution in [0.2, 0.25) is 5.02 Å². The summed E-state index contributed by atoms with van der Waals surface area (Å²) in [6, 6.07) is 4.20. The number of nitrogens with one attached hydrogen (secondary N) is 2. The normalized spacial score (nSPS) is 10.7. The van der Waals surface area contributed by atoms with E-state index in [1.165, 1.54) is 18.2 Å². The number of rotatable bonds is 3. The highest BCUT2D eigenvalue weighted by molar-refractivity contribution is 7.91. The van der Waals surface area contributed by atoms with Gasteiger partial charge in [-0.15, -0.1) is 0 Å². The van der Waals surface area contributed by atoms with Crippen molar-refractivity contribution in [3.8, 4) is 0 Å². The number of benzene rings is 1.